The number of fused-ring (bicyclic) bond motifs is 2. The van der Waals surface area contributed by atoms with Gasteiger partial charge in [0.15, 0.2) is 11.5 Å². The summed E-state index contributed by atoms with van der Waals surface area (Å²) in [4.78, 5) is 15.2. The van der Waals surface area contributed by atoms with E-state index in [9.17, 15) is 4.79 Å². The lowest BCUT2D eigenvalue weighted by Crippen LogP contribution is -2.43. The molecule has 0 aliphatic carbocycles. The maximum atomic E-state index is 13.4. The number of ether oxygens (including phenoxy) is 2. The van der Waals surface area contributed by atoms with Gasteiger partial charge in [0.1, 0.15) is 6.17 Å². The Bertz CT molecular complexity index is 1050. The number of hydrogen-bond donors (Lipinski definition) is 1. The third-order valence-electron chi connectivity index (χ3n) is 5.01. The molecule has 1 atom stereocenters. The molecule has 2 aliphatic heterocycles. The van der Waals surface area contributed by atoms with Crippen LogP contribution in [0.25, 0.3) is 0 Å². The van der Waals surface area contributed by atoms with Crippen LogP contribution in [0.2, 0.25) is 0 Å². The molecule has 27 heavy (non-hydrogen) atoms. The molecular formula is C22H18N2O3. The first-order chi connectivity index (χ1) is 13.2. The monoisotopic (exact) mass is 358 g/mol. The summed E-state index contributed by atoms with van der Waals surface area (Å²) in [5.41, 5.74) is 4.35. The van der Waals surface area contributed by atoms with Gasteiger partial charge in [-0.3, -0.25) is 9.69 Å². The van der Waals surface area contributed by atoms with E-state index in [0.717, 1.165) is 28.3 Å². The third kappa shape index (κ3) is 2.51. The minimum Gasteiger partial charge on any atom is -0.454 e. The minimum atomic E-state index is -0.344. The summed E-state index contributed by atoms with van der Waals surface area (Å²) in [5, 5.41) is 3.52. The molecule has 3 aromatic carbocycles. The van der Waals surface area contributed by atoms with Crippen molar-refractivity contribution >= 4 is 17.3 Å². The van der Waals surface area contributed by atoms with Crippen LogP contribution in [0.15, 0.2) is 66.7 Å². The summed E-state index contributed by atoms with van der Waals surface area (Å²) in [6, 6.07) is 21.3. The average molecular weight is 358 g/mol. The fraction of sp³-hybridized carbons (Fsp3) is 0.136. The maximum absolute atomic E-state index is 13.4. The van der Waals surface area contributed by atoms with Gasteiger partial charge in [-0.25, -0.2) is 0 Å². The van der Waals surface area contributed by atoms with Gasteiger partial charge in [0, 0.05) is 11.4 Å². The Hall–Kier alpha value is -3.47. The summed E-state index contributed by atoms with van der Waals surface area (Å²) in [5.74, 6) is 1.40. The molecule has 0 aromatic heterocycles. The Morgan fingerprint density at radius 2 is 1.74 bits per heavy atom. The maximum Gasteiger partial charge on any atom is 0.262 e. The molecule has 0 radical (unpaired) electrons. The van der Waals surface area contributed by atoms with Crippen molar-refractivity contribution < 1.29 is 14.3 Å². The second kappa shape index (κ2) is 6.06. The number of amides is 1. The van der Waals surface area contributed by atoms with Crippen molar-refractivity contribution in [1.29, 1.82) is 0 Å². The topological polar surface area (TPSA) is 50.8 Å². The summed E-state index contributed by atoms with van der Waals surface area (Å²) >= 11 is 0. The molecule has 0 unspecified atom stereocenters. The van der Waals surface area contributed by atoms with E-state index in [4.69, 9.17) is 9.47 Å². The van der Waals surface area contributed by atoms with Crippen molar-refractivity contribution in [2.45, 2.75) is 13.1 Å². The highest BCUT2D eigenvalue weighted by Crippen LogP contribution is 2.41. The zero-order chi connectivity index (χ0) is 18.4. The van der Waals surface area contributed by atoms with E-state index >= 15 is 0 Å². The molecule has 134 valence electrons. The predicted molar refractivity (Wildman–Crippen MR) is 103 cm³/mol. The normalized spacial score (nSPS) is 17.4. The number of anilines is 2. The van der Waals surface area contributed by atoms with E-state index in [1.807, 2.05) is 78.6 Å². The Labute approximate surface area is 157 Å². The highest BCUT2D eigenvalue weighted by Gasteiger charge is 2.35. The quantitative estimate of drug-likeness (QED) is 0.733. The molecular weight excluding hydrogens is 340 g/mol. The Morgan fingerprint density at radius 3 is 2.63 bits per heavy atom. The zero-order valence-corrected chi connectivity index (χ0v) is 14.8. The van der Waals surface area contributed by atoms with Crippen LogP contribution in [0.3, 0.4) is 0 Å². The Kier molecular flexibility index (Phi) is 3.53. The molecule has 1 N–H and O–H groups in total. The highest BCUT2D eigenvalue weighted by molar-refractivity contribution is 6.12. The lowest BCUT2D eigenvalue weighted by Gasteiger charge is -2.38. The summed E-state index contributed by atoms with van der Waals surface area (Å²) in [6.07, 6.45) is -0.344. The van der Waals surface area contributed by atoms with Gasteiger partial charge < -0.3 is 14.8 Å². The van der Waals surface area contributed by atoms with E-state index < -0.39 is 0 Å². The molecule has 2 heterocycles. The van der Waals surface area contributed by atoms with E-state index in [0.29, 0.717) is 11.3 Å². The average Bonchev–Trinajstić information content (AvgIpc) is 3.17. The molecule has 0 saturated heterocycles. The fourth-order valence-corrected chi connectivity index (χ4v) is 3.65. The highest BCUT2D eigenvalue weighted by atomic mass is 16.7. The lowest BCUT2D eigenvalue weighted by molar-refractivity contribution is 0.0974. The Morgan fingerprint density at radius 1 is 0.963 bits per heavy atom. The number of nitrogens with zero attached hydrogens (tertiary/aromatic N) is 1. The largest absolute Gasteiger partial charge is 0.454 e. The van der Waals surface area contributed by atoms with Gasteiger partial charge in [0.25, 0.3) is 5.91 Å². The Balaban J connectivity index is 1.67. The van der Waals surface area contributed by atoms with Crippen LogP contribution in [0, 0.1) is 6.92 Å². The number of nitrogens with one attached hydrogen (secondary N) is 1. The molecule has 5 rings (SSSR count). The minimum absolute atomic E-state index is 0.0266. The number of benzene rings is 3. The molecule has 2 aliphatic rings. The summed E-state index contributed by atoms with van der Waals surface area (Å²) in [6.45, 7) is 2.24. The van der Waals surface area contributed by atoms with Crippen molar-refractivity contribution in [2.24, 2.45) is 0 Å². The molecule has 0 fully saturated rings. The number of carbonyl (C=O) groups is 1. The standard InChI is InChI=1S/C22H18N2O3/c1-14-6-2-5-9-18(14)24-21(15-10-11-19-20(12-15)27-13-26-19)23-17-8-4-3-7-16(17)22(24)25/h2-12,21,23H,13H2,1H3/t21-/m1/s1. The van der Waals surface area contributed by atoms with E-state index in [1.54, 1.807) is 0 Å². The summed E-state index contributed by atoms with van der Waals surface area (Å²) in [7, 11) is 0. The number of rotatable bonds is 2. The third-order valence-corrected chi connectivity index (χ3v) is 5.01. The number of hydrogen-bond acceptors (Lipinski definition) is 4. The van der Waals surface area contributed by atoms with Crippen LogP contribution < -0.4 is 19.7 Å². The number of carbonyl (C=O) groups excluding carboxylic acids is 1. The summed E-state index contributed by atoms with van der Waals surface area (Å²) < 4.78 is 11.0. The SMILES string of the molecule is Cc1ccccc1N1C(=O)c2ccccc2N[C@H]1c1ccc2c(c1)OCO2. The van der Waals surface area contributed by atoms with E-state index in [-0.39, 0.29) is 18.9 Å². The first-order valence-electron chi connectivity index (χ1n) is 8.87. The molecule has 1 amide bonds. The molecule has 5 nitrogen and oxygen atoms in total. The van der Waals surface area contributed by atoms with E-state index in [2.05, 4.69) is 5.32 Å². The fourth-order valence-electron chi connectivity index (χ4n) is 3.65. The van der Waals surface area contributed by atoms with Crippen LogP contribution in [-0.4, -0.2) is 12.7 Å². The van der Waals surface area contributed by atoms with Crippen LogP contribution in [0.5, 0.6) is 11.5 Å². The second-order valence-corrected chi connectivity index (χ2v) is 6.67. The molecule has 5 heteroatoms. The van der Waals surface area contributed by atoms with Crippen molar-refractivity contribution in [1.82, 2.24) is 0 Å². The van der Waals surface area contributed by atoms with Crippen LogP contribution in [0.1, 0.15) is 27.7 Å². The smallest absolute Gasteiger partial charge is 0.262 e. The molecule has 0 saturated carbocycles. The first kappa shape index (κ1) is 15.8. The molecule has 3 aromatic rings. The van der Waals surface area contributed by atoms with Crippen molar-refractivity contribution in [3.05, 3.63) is 83.4 Å². The van der Waals surface area contributed by atoms with Crippen LogP contribution in [-0.2, 0) is 0 Å². The van der Waals surface area contributed by atoms with Crippen molar-refractivity contribution in [2.75, 3.05) is 17.0 Å². The van der Waals surface area contributed by atoms with Gasteiger partial charge in [0.05, 0.1) is 5.56 Å². The molecule has 0 bridgehead atoms. The molecule has 0 spiro atoms. The van der Waals surface area contributed by atoms with Crippen LogP contribution >= 0.6 is 0 Å². The lowest BCUT2D eigenvalue weighted by atomic mass is 10.0. The van der Waals surface area contributed by atoms with Crippen molar-refractivity contribution in [3.63, 3.8) is 0 Å². The first-order valence-corrected chi connectivity index (χ1v) is 8.87. The van der Waals surface area contributed by atoms with Gasteiger partial charge >= 0.3 is 0 Å². The second-order valence-electron chi connectivity index (χ2n) is 6.67. The van der Waals surface area contributed by atoms with Gasteiger partial charge in [0.2, 0.25) is 6.79 Å². The predicted octanol–water partition coefficient (Wildman–Crippen LogP) is 4.49. The van der Waals surface area contributed by atoms with Gasteiger partial charge in [-0.2, -0.15) is 0 Å². The van der Waals surface area contributed by atoms with Gasteiger partial charge in [-0.1, -0.05) is 36.4 Å². The van der Waals surface area contributed by atoms with E-state index in [1.165, 1.54) is 0 Å². The van der Waals surface area contributed by atoms with Gasteiger partial charge in [-0.15, -0.1) is 0 Å². The zero-order valence-electron chi connectivity index (χ0n) is 14.8. The van der Waals surface area contributed by atoms with Gasteiger partial charge in [-0.05, 0) is 48.4 Å². The number of aryl methyl sites for hydroxylation is 1. The van der Waals surface area contributed by atoms with Crippen LogP contribution in [0.4, 0.5) is 11.4 Å². The number of para-hydroxylation sites is 2. The van der Waals surface area contributed by atoms with Crippen molar-refractivity contribution in [3.8, 4) is 11.5 Å².